The number of rotatable bonds is 11. The Bertz CT molecular complexity index is 366. The van der Waals surface area contributed by atoms with Gasteiger partial charge in [-0.15, -0.1) is 0 Å². The molecule has 0 atom stereocenters. The molecule has 20 heavy (non-hydrogen) atoms. The molecule has 0 saturated heterocycles. The van der Waals surface area contributed by atoms with Crippen LogP contribution in [0.1, 0.15) is 57.4 Å². The summed E-state index contributed by atoms with van der Waals surface area (Å²) in [5.74, 6) is 1.84. The SMILES string of the molecule is CCCCCCCCCOc1ccc(OC)cc1CBr. The highest BCUT2D eigenvalue weighted by Gasteiger charge is 2.04. The lowest BCUT2D eigenvalue weighted by Crippen LogP contribution is -2.00. The van der Waals surface area contributed by atoms with Gasteiger partial charge in [-0.3, -0.25) is 0 Å². The molecule has 0 amide bonds. The molecule has 0 bridgehead atoms. The molecule has 0 heterocycles. The molecule has 0 spiro atoms. The Morgan fingerprint density at radius 1 is 1.00 bits per heavy atom. The monoisotopic (exact) mass is 342 g/mol. The number of halogens is 1. The van der Waals surface area contributed by atoms with E-state index >= 15 is 0 Å². The Morgan fingerprint density at radius 3 is 2.35 bits per heavy atom. The summed E-state index contributed by atoms with van der Waals surface area (Å²) in [4.78, 5) is 0. The number of unbranched alkanes of at least 4 members (excludes halogenated alkanes) is 6. The number of ether oxygens (including phenoxy) is 2. The molecule has 0 aliphatic carbocycles. The summed E-state index contributed by atoms with van der Waals surface area (Å²) in [7, 11) is 1.69. The van der Waals surface area contributed by atoms with Crippen molar-refractivity contribution in [2.75, 3.05) is 13.7 Å². The van der Waals surface area contributed by atoms with E-state index in [-0.39, 0.29) is 0 Å². The van der Waals surface area contributed by atoms with E-state index in [4.69, 9.17) is 9.47 Å². The van der Waals surface area contributed by atoms with Crippen LogP contribution in [0.5, 0.6) is 11.5 Å². The molecule has 0 saturated carbocycles. The second-order valence-electron chi connectivity index (χ2n) is 5.08. The largest absolute Gasteiger partial charge is 0.497 e. The summed E-state index contributed by atoms with van der Waals surface area (Å²) >= 11 is 3.49. The Hall–Kier alpha value is -0.700. The summed E-state index contributed by atoms with van der Waals surface area (Å²) < 4.78 is 11.1. The van der Waals surface area contributed by atoms with Gasteiger partial charge in [0.2, 0.25) is 0 Å². The van der Waals surface area contributed by atoms with Gasteiger partial charge in [0, 0.05) is 10.9 Å². The number of hydrogen-bond acceptors (Lipinski definition) is 2. The van der Waals surface area contributed by atoms with Gasteiger partial charge in [0.15, 0.2) is 0 Å². The number of alkyl halides is 1. The molecular formula is C17H27BrO2. The first-order valence-electron chi connectivity index (χ1n) is 7.67. The molecule has 0 N–H and O–H groups in total. The van der Waals surface area contributed by atoms with Crippen LogP contribution in [0.2, 0.25) is 0 Å². The summed E-state index contributed by atoms with van der Waals surface area (Å²) in [6.07, 6.45) is 9.17. The number of hydrogen-bond donors (Lipinski definition) is 0. The van der Waals surface area contributed by atoms with Crippen molar-refractivity contribution in [3.63, 3.8) is 0 Å². The molecule has 1 aromatic carbocycles. The molecule has 0 radical (unpaired) electrons. The maximum Gasteiger partial charge on any atom is 0.123 e. The zero-order valence-electron chi connectivity index (χ0n) is 12.8. The lowest BCUT2D eigenvalue weighted by molar-refractivity contribution is 0.301. The van der Waals surface area contributed by atoms with Crippen LogP contribution in [0.4, 0.5) is 0 Å². The van der Waals surface area contributed by atoms with Crippen LogP contribution in [0, 0.1) is 0 Å². The van der Waals surface area contributed by atoms with Gasteiger partial charge in [-0.2, -0.15) is 0 Å². The first-order chi connectivity index (χ1) is 9.81. The van der Waals surface area contributed by atoms with Crippen molar-refractivity contribution in [1.29, 1.82) is 0 Å². The van der Waals surface area contributed by atoms with E-state index in [1.807, 2.05) is 18.2 Å². The fraction of sp³-hybridized carbons (Fsp3) is 0.647. The molecule has 3 heteroatoms. The molecule has 0 unspecified atom stereocenters. The number of benzene rings is 1. The van der Waals surface area contributed by atoms with Crippen LogP contribution in [0.25, 0.3) is 0 Å². The van der Waals surface area contributed by atoms with Gasteiger partial charge >= 0.3 is 0 Å². The molecule has 0 aromatic heterocycles. The van der Waals surface area contributed by atoms with Gasteiger partial charge < -0.3 is 9.47 Å². The lowest BCUT2D eigenvalue weighted by atomic mass is 10.1. The Morgan fingerprint density at radius 2 is 1.70 bits per heavy atom. The average molecular weight is 343 g/mol. The van der Waals surface area contributed by atoms with Crippen molar-refractivity contribution in [1.82, 2.24) is 0 Å². The Labute approximate surface area is 132 Å². The zero-order valence-corrected chi connectivity index (χ0v) is 14.4. The summed E-state index contributed by atoms with van der Waals surface area (Å²) in [5, 5.41) is 0.788. The second kappa shape index (κ2) is 11.0. The van der Waals surface area contributed by atoms with Gasteiger partial charge in [0.25, 0.3) is 0 Å². The van der Waals surface area contributed by atoms with Gasteiger partial charge in [0.05, 0.1) is 13.7 Å². The smallest absolute Gasteiger partial charge is 0.123 e. The minimum Gasteiger partial charge on any atom is -0.497 e. The topological polar surface area (TPSA) is 18.5 Å². The average Bonchev–Trinajstić information content (AvgIpc) is 2.50. The minimum atomic E-state index is 0.788. The van der Waals surface area contributed by atoms with E-state index in [0.29, 0.717) is 0 Å². The highest BCUT2D eigenvalue weighted by molar-refractivity contribution is 9.08. The van der Waals surface area contributed by atoms with E-state index in [1.165, 1.54) is 38.5 Å². The second-order valence-corrected chi connectivity index (χ2v) is 5.64. The maximum atomic E-state index is 5.87. The van der Waals surface area contributed by atoms with Crippen LogP contribution < -0.4 is 9.47 Å². The van der Waals surface area contributed by atoms with Crippen LogP contribution in [-0.2, 0) is 5.33 Å². The molecule has 2 nitrogen and oxygen atoms in total. The van der Waals surface area contributed by atoms with Crippen molar-refractivity contribution >= 4 is 15.9 Å². The van der Waals surface area contributed by atoms with Crippen LogP contribution >= 0.6 is 15.9 Å². The predicted molar refractivity (Wildman–Crippen MR) is 89.1 cm³/mol. The first kappa shape index (κ1) is 17.4. The van der Waals surface area contributed by atoms with E-state index in [2.05, 4.69) is 22.9 Å². The van der Waals surface area contributed by atoms with Crippen LogP contribution in [-0.4, -0.2) is 13.7 Å². The van der Waals surface area contributed by atoms with Crippen molar-refractivity contribution in [3.8, 4) is 11.5 Å². The molecule has 0 fully saturated rings. The van der Waals surface area contributed by atoms with E-state index in [0.717, 1.165) is 35.4 Å². The van der Waals surface area contributed by atoms with Gasteiger partial charge in [-0.05, 0) is 24.6 Å². The van der Waals surface area contributed by atoms with Crippen molar-refractivity contribution in [2.45, 2.75) is 57.2 Å². The van der Waals surface area contributed by atoms with Crippen LogP contribution in [0.3, 0.4) is 0 Å². The first-order valence-corrected chi connectivity index (χ1v) is 8.79. The molecule has 0 aliphatic rings. The fourth-order valence-electron chi connectivity index (χ4n) is 2.17. The Balaban J connectivity index is 2.21. The molecular weight excluding hydrogens is 316 g/mol. The molecule has 114 valence electrons. The molecule has 1 aromatic rings. The minimum absolute atomic E-state index is 0.788. The van der Waals surface area contributed by atoms with Crippen molar-refractivity contribution < 1.29 is 9.47 Å². The number of methoxy groups -OCH3 is 1. The normalized spacial score (nSPS) is 10.6. The highest BCUT2D eigenvalue weighted by atomic mass is 79.9. The third-order valence-corrected chi connectivity index (χ3v) is 4.02. The third kappa shape index (κ3) is 6.65. The highest BCUT2D eigenvalue weighted by Crippen LogP contribution is 2.26. The summed E-state index contributed by atoms with van der Waals surface area (Å²) in [6.45, 7) is 3.06. The summed E-state index contributed by atoms with van der Waals surface area (Å²) in [6, 6.07) is 5.97. The van der Waals surface area contributed by atoms with Gasteiger partial charge in [0.1, 0.15) is 11.5 Å². The van der Waals surface area contributed by atoms with E-state index < -0.39 is 0 Å². The van der Waals surface area contributed by atoms with E-state index in [9.17, 15) is 0 Å². The zero-order chi connectivity index (χ0) is 14.6. The maximum absolute atomic E-state index is 5.87. The molecule has 1 rings (SSSR count). The Kier molecular flexibility index (Phi) is 9.56. The quantitative estimate of drug-likeness (QED) is 0.378. The van der Waals surface area contributed by atoms with Gasteiger partial charge in [-0.1, -0.05) is 61.4 Å². The van der Waals surface area contributed by atoms with Crippen molar-refractivity contribution in [2.24, 2.45) is 0 Å². The summed E-state index contributed by atoms with van der Waals surface area (Å²) in [5.41, 5.74) is 1.15. The molecule has 0 aliphatic heterocycles. The standard InChI is InChI=1S/C17H27BrO2/c1-3-4-5-6-7-8-9-12-20-17-11-10-16(19-2)13-15(17)14-18/h10-11,13H,3-9,12,14H2,1-2H3. The third-order valence-electron chi connectivity index (χ3n) is 3.42. The van der Waals surface area contributed by atoms with Crippen molar-refractivity contribution in [3.05, 3.63) is 23.8 Å². The lowest BCUT2D eigenvalue weighted by Gasteiger charge is -2.11. The van der Waals surface area contributed by atoms with E-state index in [1.54, 1.807) is 7.11 Å². The van der Waals surface area contributed by atoms with Gasteiger partial charge in [-0.25, -0.2) is 0 Å². The van der Waals surface area contributed by atoms with Crippen LogP contribution in [0.15, 0.2) is 18.2 Å². The fourth-order valence-corrected chi connectivity index (χ4v) is 2.61. The predicted octanol–water partition coefficient (Wildman–Crippen LogP) is 5.72.